The Morgan fingerprint density at radius 2 is 1.41 bits per heavy atom. The average molecular weight is 239 g/mol. The molecule has 0 radical (unpaired) electrons. The minimum atomic E-state index is -0.498. The highest BCUT2D eigenvalue weighted by molar-refractivity contribution is 5.96. The number of esters is 2. The normalized spacial score (nSPS) is 8.88. The molecule has 0 aliphatic carbocycles. The summed E-state index contributed by atoms with van der Waals surface area (Å²) in [5.41, 5.74) is 1.24. The van der Waals surface area contributed by atoms with Gasteiger partial charge in [-0.05, 0) is 18.2 Å². The van der Waals surface area contributed by atoms with E-state index in [1.807, 2.05) is 0 Å². The van der Waals surface area contributed by atoms with E-state index in [0.717, 1.165) is 0 Å². The smallest absolute Gasteiger partial charge is 0.337 e. The van der Waals surface area contributed by atoms with Crippen molar-refractivity contribution in [2.24, 2.45) is 0 Å². The van der Waals surface area contributed by atoms with Crippen LogP contribution in [0.2, 0.25) is 0 Å². The van der Waals surface area contributed by atoms with Crippen LogP contribution in [0.1, 0.15) is 28.1 Å². The van der Waals surface area contributed by atoms with Crippen molar-refractivity contribution in [1.82, 2.24) is 0 Å². The van der Waals surface area contributed by atoms with Crippen molar-refractivity contribution in [2.75, 3.05) is 26.6 Å². The van der Waals surface area contributed by atoms with E-state index in [1.54, 1.807) is 19.2 Å². The molecule has 0 fully saturated rings. The molecule has 1 N–H and O–H groups in total. The number of rotatable bonds is 3. The maximum atomic E-state index is 11.3. The summed E-state index contributed by atoms with van der Waals surface area (Å²) < 4.78 is 9.17. The average Bonchev–Trinajstić information content (AvgIpc) is 2.35. The zero-order chi connectivity index (χ0) is 12.1. The van der Waals surface area contributed by atoms with Crippen LogP contribution in [-0.4, -0.2) is 33.2 Å². The van der Waals surface area contributed by atoms with Gasteiger partial charge in [-0.2, -0.15) is 0 Å². The summed E-state index contributed by atoms with van der Waals surface area (Å²) in [6.45, 7) is 0. The third-order valence-electron chi connectivity index (χ3n) is 2.06. The van der Waals surface area contributed by atoms with Crippen LogP contribution in [0.3, 0.4) is 0 Å². The van der Waals surface area contributed by atoms with Gasteiger partial charge in [0.05, 0.1) is 25.3 Å². The van der Waals surface area contributed by atoms with E-state index in [-0.39, 0.29) is 7.43 Å². The van der Waals surface area contributed by atoms with Crippen molar-refractivity contribution in [3.63, 3.8) is 0 Å². The molecule has 1 rings (SSSR count). The quantitative estimate of drug-likeness (QED) is 0.816. The van der Waals surface area contributed by atoms with Gasteiger partial charge in [0.2, 0.25) is 0 Å². The number of carbonyl (C=O) groups excluding carboxylic acids is 2. The molecule has 0 heterocycles. The first kappa shape index (κ1) is 15.0. The molecule has 0 spiro atoms. The summed E-state index contributed by atoms with van der Waals surface area (Å²) in [5, 5.41) is 2.85. The lowest BCUT2D eigenvalue weighted by Gasteiger charge is -2.07. The second-order valence-corrected chi connectivity index (χ2v) is 3.03. The molecule has 1 aromatic carbocycles. The van der Waals surface area contributed by atoms with Gasteiger partial charge in [0.1, 0.15) is 0 Å². The number of hydrogen-bond donors (Lipinski definition) is 1. The number of benzene rings is 1. The number of methoxy groups -OCH3 is 2. The summed E-state index contributed by atoms with van der Waals surface area (Å²) in [4.78, 5) is 22.7. The Hall–Kier alpha value is -2.04. The molecule has 0 amide bonds. The van der Waals surface area contributed by atoms with Crippen LogP contribution in [-0.2, 0) is 9.47 Å². The molecule has 0 atom stereocenters. The minimum absolute atomic E-state index is 0. The maximum Gasteiger partial charge on any atom is 0.337 e. The molecular formula is C12H17NO4. The van der Waals surface area contributed by atoms with Gasteiger partial charge in [0.15, 0.2) is 0 Å². The highest BCUT2D eigenvalue weighted by Gasteiger charge is 2.12. The van der Waals surface area contributed by atoms with Crippen LogP contribution in [0, 0.1) is 0 Å². The molecule has 17 heavy (non-hydrogen) atoms. The lowest BCUT2D eigenvalue weighted by molar-refractivity contribution is 0.0599. The van der Waals surface area contributed by atoms with Gasteiger partial charge in [-0.3, -0.25) is 0 Å². The van der Waals surface area contributed by atoms with Crippen LogP contribution in [0.25, 0.3) is 0 Å². The van der Waals surface area contributed by atoms with E-state index in [4.69, 9.17) is 0 Å². The summed E-state index contributed by atoms with van der Waals surface area (Å²) in [6.07, 6.45) is 0. The molecule has 1 aromatic rings. The molecule has 0 unspecified atom stereocenters. The lowest BCUT2D eigenvalue weighted by Crippen LogP contribution is -2.07. The van der Waals surface area contributed by atoms with E-state index in [2.05, 4.69) is 14.8 Å². The highest BCUT2D eigenvalue weighted by atomic mass is 16.5. The molecule has 0 saturated heterocycles. The first-order valence-corrected chi connectivity index (χ1v) is 4.62. The Kier molecular flexibility index (Phi) is 5.74. The second-order valence-electron chi connectivity index (χ2n) is 3.03. The standard InChI is InChI=1S/C11H13NO4.CH4/c1-12-9-5-7(10(13)15-2)4-8(6-9)11(14)16-3;/h4-6,12H,1-3H3;1H4. The number of nitrogens with one attached hydrogen (secondary N) is 1. The Morgan fingerprint density at radius 3 is 1.71 bits per heavy atom. The Balaban J connectivity index is 0.00000256. The summed E-state index contributed by atoms with van der Waals surface area (Å²) in [6, 6.07) is 4.62. The van der Waals surface area contributed by atoms with Gasteiger partial charge < -0.3 is 14.8 Å². The minimum Gasteiger partial charge on any atom is -0.465 e. The van der Waals surface area contributed by atoms with Gasteiger partial charge in [-0.15, -0.1) is 0 Å². The molecule has 0 aliphatic heterocycles. The Morgan fingerprint density at radius 1 is 1.00 bits per heavy atom. The fourth-order valence-corrected chi connectivity index (χ4v) is 1.24. The number of hydrogen-bond acceptors (Lipinski definition) is 5. The molecule has 0 bridgehead atoms. The van der Waals surface area contributed by atoms with Gasteiger partial charge in [0, 0.05) is 12.7 Å². The van der Waals surface area contributed by atoms with E-state index < -0.39 is 11.9 Å². The fourth-order valence-electron chi connectivity index (χ4n) is 1.24. The van der Waals surface area contributed by atoms with Crippen molar-refractivity contribution < 1.29 is 19.1 Å². The summed E-state index contributed by atoms with van der Waals surface area (Å²) in [5.74, 6) is -0.996. The fraction of sp³-hybridized carbons (Fsp3) is 0.333. The molecule has 0 saturated carbocycles. The van der Waals surface area contributed by atoms with E-state index in [0.29, 0.717) is 16.8 Å². The van der Waals surface area contributed by atoms with Crippen molar-refractivity contribution in [3.05, 3.63) is 29.3 Å². The predicted molar refractivity (Wildman–Crippen MR) is 65.4 cm³/mol. The number of ether oxygens (including phenoxy) is 2. The first-order valence-electron chi connectivity index (χ1n) is 4.62. The van der Waals surface area contributed by atoms with Crippen molar-refractivity contribution in [2.45, 2.75) is 7.43 Å². The van der Waals surface area contributed by atoms with Gasteiger partial charge in [0.25, 0.3) is 0 Å². The maximum absolute atomic E-state index is 11.3. The van der Waals surface area contributed by atoms with Crippen LogP contribution < -0.4 is 5.32 Å². The summed E-state index contributed by atoms with van der Waals surface area (Å²) >= 11 is 0. The van der Waals surface area contributed by atoms with Crippen LogP contribution in [0.5, 0.6) is 0 Å². The molecule has 5 heteroatoms. The van der Waals surface area contributed by atoms with Crippen molar-refractivity contribution >= 4 is 17.6 Å². The van der Waals surface area contributed by atoms with Gasteiger partial charge in [-0.1, -0.05) is 7.43 Å². The Bertz CT molecular complexity index is 381. The SMILES string of the molecule is C.CNc1cc(C(=O)OC)cc(C(=O)OC)c1. The van der Waals surface area contributed by atoms with Gasteiger partial charge >= 0.3 is 11.9 Å². The van der Waals surface area contributed by atoms with Crippen LogP contribution in [0.15, 0.2) is 18.2 Å². The molecular weight excluding hydrogens is 222 g/mol. The largest absolute Gasteiger partial charge is 0.465 e. The number of carbonyl (C=O) groups is 2. The van der Waals surface area contributed by atoms with Crippen molar-refractivity contribution in [3.8, 4) is 0 Å². The number of anilines is 1. The third kappa shape index (κ3) is 3.48. The molecule has 0 aliphatic rings. The predicted octanol–water partition coefficient (Wildman–Crippen LogP) is 1.94. The molecule has 94 valence electrons. The van der Waals surface area contributed by atoms with Gasteiger partial charge in [-0.25, -0.2) is 9.59 Å². The molecule has 0 aromatic heterocycles. The van der Waals surface area contributed by atoms with E-state index in [9.17, 15) is 9.59 Å². The topological polar surface area (TPSA) is 64.6 Å². The third-order valence-corrected chi connectivity index (χ3v) is 2.06. The zero-order valence-corrected chi connectivity index (χ0v) is 9.37. The van der Waals surface area contributed by atoms with Crippen LogP contribution >= 0.6 is 0 Å². The van der Waals surface area contributed by atoms with E-state index >= 15 is 0 Å². The van der Waals surface area contributed by atoms with E-state index in [1.165, 1.54) is 20.3 Å². The monoisotopic (exact) mass is 239 g/mol. The van der Waals surface area contributed by atoms with Crippen molar-refractivity contribution in [1.29, 1.82) is 0 Å². The second kappa shape index (κ2) is 6.52. The molecule has 5 nitrogen and oxygen atoms in total. The lowest BCUT2D eigenvalue weighted by atomic mass is 10.1. The Labute approximate surface area is 101 Å². The first-order chi connectivity index (χ1) is 7.62. The summed E-state index contributed by atoms with van der Waals surface area (Å²) in [7, 11) is 4.26. The van der Waals surface area contributed by atoms with Crippen LogP contribution in [0.4, 0.5) is 5.69 Å². The zero-order valence-electron chi connectivity index (χ0n) is 9.37. The highest BCUT2D eigenvalue weighted by Crippen LogP contribution is 2.16.